The fraction of sp³-hybridized carbons (Fsp3) is 0.206. The van der Waals surface area contributed by atoms with Crippen molar-refractivity contribution in [3.8, 4) is 23.0 Å². The van der Waals surface area contributed by atoms with Gasteiger partial charge in [0.05, 0.1) is 6.10 Å². The summed E-state index contributed by atoms with van der Waals surface area (Å²) >= 11 is 0. The van der Waals surface area contributed by atoms with Gasteiger partial charge in [0.1, 0.15) is 41.9 Å². The van der Waals surface area contributed by atoms with E-state index in [0.717, 1.165) is 11.1 Å². The van der Waals surface area contributed by atoms with Crippen LogP contribution in [0.3, 0.4) is 0 Å². The van der Waals surface area contributed by atoms with Crippen LogP contribution in [0, 0.1) is 0 Å². The monoisotopic (exact) mass is 550 g/mol. The quantitative estimate of drug-likeness (QED) is 0.240. The normalized spacial score (nSPS) is 12.6. The van der Waals surface area contributed by atoms with Gasteiger partial charge in [-0.2, -0.15) is 0 Å². The Kier molecular flexibility index (Phi) is 7.62. The van der Waals surface area contributed by atoms with Crippen LogP contribution >= 0.6 is 0 Å². The van der Waals surface area contributed by atoms with E-state index < -0.39 is 0 Å². The molecule has 0 saturated heterocycles. The average Bonchev–Trinajstić information content (AvgIpc) is 2.95. The van der Waals surface area contributed by atoms with E-state index in [2.05, 4.69) is 0 Å². The fourth-order valence-electron chi connectivity index (χ4n) is 5.50. The molecular formula is C34H30O7. The largest absolute Gasteiger partial charge is 0.507 e. The van der Waals surface area contributed by atoms with Crippen molar-refractivity contribution in [1.29, 1.82) is 0 Å². The van der Waals surface area contributed by atoms with Gasteiger partial charge in [0.2, 0.25) is 0 Å². The van der Waals surface area contributed by atoms with Crippen LogP contribution < -0.4 is 4.74 Å². The number of carbonyl (C=O) groups is 3. The summed E-state index contributed by atoms with van der Waals surface area (Å²) < 4.78 is 6.27. The third kappa shape index (κ3) is 5.57. The number of hydrogen-bond acceptors (Lipinski definition) is 7. The van der Waals surface area contributed by atoms with Gasteiger partial charge in [0.25, 0.3) is 0 Å². The highest BCUT2D eigenvalue weighted by atomic mass is 16.5. The minimum absolute atomic E-state index is 0.0143. The number of phenols is 3. The van der Waals surface area contributed by atoms with E-state index in [1.54, 1.807) is 24.3 Å². The predicted molar refractivity (Wildman–Crippen MR) is 154 cm³/mol. The summed E-state index contributed by atoms with van der Waals surface area (Å²) in [6.07, 6.45) is 2.48. The van der Waals surface area contributed by atoms with Crippen molar-refractivity contribution >= 4 is 18.9 Å². The van der Waals surface area contributed by atoms with Crippen LogP contribution in [-0.2, 0) is 25.7 Å². The summed E-state index contributed by atoms with van der Waals surface area (Å²) in [7, 11) is 0. The summed E-state index contributed by atoms with van der Waals surface area (Å²) in [6, 6.07) is 15.1. The first-order valence-corrected chi connectivity index (χ1v) is 13.4. The first-order chi connectivity index (χ1) is 19.7. The van der Waals surface area contributed by atoms with Crippen molar-refractivity contribution in [2.24, 2.45) is 0 Å². The zero-order valence-corrected chi connectivity index (χ0v) is 22.8. The van der Waals surface area contributed by atoms with E-state index in [4.69, 9.17) is 4.74 Å². The molecule has 5 rings (SSSR count). The van der Waals surface area contributed by atoms with E-state index in [-0.39, 0.29) is 49.0 Å². The van der Waals surface area contributed by atoms with Gasteiger partial charge in [-0.15, -0.1) is 0 Å². The molecule has 1 aliphatic carbocycles. The third-order valence-electron chi connectivity index (χ3n) is 7.33. The molecule has 7 heteroatoms. The first kappa shape index (κ1) is 27.6. The van der Waals surface area contributed by atoms with Gasteiger partial charge < -0.3 is 20.1 Å². The van der Waals surface area contributed by atoms with Gasteiger partial charge >= 0.3 is 0 Å². The molecular weight excluding hydrogens is 520 g/mol. The first-order valence-electron chi connectivity index (χ1n) is 13.4. The van der Waals surface area contributed by atoms with E-state index in [1.807, 2.05) is 32.0 Å². The van der Waals surface area contributed by atoms with Crippen molar-refractivity contribution in [3.05, 3.63) is 116 Å². The maximum absolute atomic E-state index is 11.9. The number of carbonyl (C=O) groups excluding carboxylic acids is 3. The van der Waals surface area contributed by atoms with E-state index in [1.165, 1.54) is 12.1 Å². The van der Waals surface area contributed by atoms with Crippen molar-refractivity contribution < 1.29 is 34.4 Å². The summed E-state index contributed by atoms with van der Waals surface area (Å²) in [5.74, 6) is 0.470. The SMILES string of the molecule is CC(C)Oc1c2cccc1Cc1cc(C=O)cc(c1O)Cc1cc(C=O)cc(c1O)Cc1cc(C=O)cc(c1O)C2. The topological polar surface area (TPSA) is 121 Å². The Labute approximate surface area is 237 Å². The van der Waals surface area contributed by atoms with Gasteiger partial charge in [-0.3, -0.25) is 14.4 Å². The number of rotatable bonds is 5. The molecule has 4 aromatic carbocycles. The number of ether oxygens (including phenoxy) is 1. The molecule has 3 N–H and O–H groups in total. The number of hydrogen-bond donors (Lipinski definition) is 3. The number of phenolic OH excluding ortho intramolecular Hbond substituents is 3. The Balaban J connectivity index is 1.81. The Bertz CT molecular complexity index is 1570. The summed E-state index contributed by atoms with van der Waals surface area (Å²) in [4.78, 5) is 35.6. The van der Waals surface area contributed by atoms with E-state index in [0.29, 0.717) is 74.7 Å². The predicted octanol–water partition coefficient (Wildman–Crippen LogP) is 5.70. The van der Waals surface area contributed by atoms with Crippen molar-refractivity contribution in [3.63, 3.8) is 0 Å². The van der Waals surface area contributed by atoms with Gasteiger partial charge in [-0.25, -0.2) is 0 Å². The van der Waals surface area contributed by atoms with Crippen molar-refractivity contribution in [2.75, 3.05) is 0 Å². The molecule has 1 aliphatic rings. The lowest BCUT2D eigenvalue weighted by molar-refractivity contribution is 0.111. The van der Waals surface area contributed by atoms with Crippen molar-refractivity contribution in [1.82, 2.24) is 0 Å². The van der Waals surface area contributed by atoms with Crippen LogP contribution in [0.4, 0.5) is 0 Å². The molecule has 8 bridgehead atoms. The minimum atomic E-state index is -0.170. The fourth-order valence-corrected chi connectivity index (χ4v) is 5.50. The third-order valence-corrected chi connectivity index (χ3v) is 7.33. The zero-order valence-electron chi connectivity index (χ0n) is 22.8. The maximum Gasteiger partial charge on any atom is 0.150 e. The van der Waals surface area contributed by atoms with Crippen LogP contribution in [0.25, 0.3) is 0 Å². The Morgan fingerprint density at radius 2 is 0.854 bits per heavy atom. The number of para-hydroxylation sites is 1. The van der Waals surface area contributed by atoms with Crippen LogP contribution in [0.1, 0.15) is 89.4 Å². The minimum Gasteiger partial charge on any atom is -0.507 e. The van der Waals surface area contributed by atoms with Crippen LogP contribution in [-0.4, -0.2) is 40.3 Å². The second-order valence-electron chi connectivity index (χ2n) is 10.7. The molecule has 0 fully saturated rings. The molecule has 0 aromatic heterocycles. The van der Waals surface area contributed by atoms with Crippen LogP contribution in [0.15, 0.2) is 54.6 Å². The lowest BCUT2D eigenvalue weighted by Gasteiger charge is -2.21. The smallest absolute Gasteiger partial charge is 0.150 e. The lowest BCUT2D eigenvalue weighted by Crippen LogP contribution is -2.11. The molecule has 41 heavy (non-hydrogen) atoms. The maximum atomic E-state index is 11.9. The van der Waals surface area contributed by atoms with Crippen molar-refractivity contribution in [2.45, 2.75) is 45.6 Å². The summed E-state index contributed by atoms with van der Waals surface area (Å²) in [5, 5.41) is 34.0. The van der Waals surface area contributed by atoms with Gasteiger partial charge in [-0.05, 0) is 94.8 Å². The van der Waals surface area contributed by atoms with Gasteiger partial charge in [0.15, 0.2) is 0 Å². The second-order valence-corrected chi connectivity index (χ2v) is 10.7. The number of fused-ring (bicyclic) bond motifs is 8. The lowest BCUT2D eigenvalue weighted by atomic mass is 9.89. The van der Waals surface area contributed by atoms with Crippen LogP contribution in [0.2, 0.25) is 0 Å². The molecule has 0 saturated carbocycles. The Morgan fingerprint density at radius 3 is 1.12 bits per heavy atom. The van der Waals surface area contributed by atoms with E-state index >= 15 is 0 Å². The van der Waals surface area contributed by atoms with Crippen LogP contribution in [0.5, 0.6) is 23.0 Å². The standard InChI is InChI=1S/C34H30O7/c1-19(2)41-34-23-4-3-5-24(34)13-26-7-21(17-36)9-28(32(26)39)15-30-11-22(18-37)10-29(33(30)40)14-27-8-20(16-35)6-25(12-23)31(27)38/h3-11,16-19,38-40H,12-15H2,1-2H3. The highest BCUT2D eigenvalue weighted by Crippen LogP contribution is 2.39. The highest BCUT2D eigenvalue weighted by molar-refractivity contribution is 5.79. The molecule has 208 valence electrons. The van der Waals surface area contributed by atoms with E-state index in [9.17, 15) is 29.7 Å². The molecule has 0 aliphatic heterocycles. The Morgan fingerprint density at radius 1 is 0.561 bits per heavy atom. The molecule has 0 spiro atoms. The number of aldehydes is 3. The molecule has 0 radical (unpaired) electrons. The van der Waals surface area contributed by atoms with Gasteiger partial charge in [0, 0.05) is 42.4 Å². The number of aromatic hydroxyl groups is 3. The Hall–Kier alpha value is -4.91. The molecule has 0 amide bonds. The summed E-state index contributed by atoms with van der Waals surface area (Å²) in [5.41, 5.74) is 5.15. The highest BCUT2D eigenvalue weighted by Gasteiger charge is 2.21. The zero-order chi connectivity index (χ0) is 29.3. The number of benzene rings is 4. The molecule has 0 atom stereocenters. The van der Waals surface area contributed by atoms with Gasteiger partial charge in [-0.1, -0.05) is 18.2 Å². The molecule has 4 aromatic rings. The molecule has 7 nitrogen and oxygen atoms in total. The molecule has 0 unspecified atom stereocenters. The molecule has 0 heterocycles. The average molecular weight is 551 g/mol. The summed E-state index contributed by atoms with van der Waals surface area (Å²) in [6.45, 7) is 3.82. The second kappa shape index (κ2) is 11.3.